The fraction of sp³-hybridized carbons (Fsp3) is 0.471. The van der Waals surface area contributed by atoms with Crippen molar-refractivity contribution < 1.29 is 9.84 Å². The van der Waals surface area contributed by atoms with Gasteiger partial charge in [-0.15, -0.1) is 0 Å². The summed E-state index contributed by atoms with van der Waals surface area (Å²) >= 11 is 0. The minimum absolute atomic E-state index is 0.0380. The SMILES string of the molecule is Cc1cnc(C2CCCN2Cc2cccc(OCCO)c2)[nH]1. The summed E-state index contributed by atoms with van der Waals surface area (Å²) in [7, 11) is 0. The minimum Gasteiger partial charge on any atom is -0.491 e. The number of nitrogens with one attached hydrogen (secondary N) is 1. The number of hydrogen-bond donors (Lipinski definition) is 2. The molecule has 3 rings (SSSR count). The van der Waals surface area contributed by atoms with Gasteiger partial charge in [-0.1, -0.05) is 12.1 Å². The molecule has 2 aromatic rings. The molecule has 0 spiro atoms. The van der Waals surface area contributed by atoms with Crippen LogP contribution in [0.5, 0.6) is 5.75 Å². The Balaban J connectivity index is 1.69. The molecule has 1 atom stereocenters. The van der Waals surface area contributed by atoms with Gasteiger partial charge in [-0.25, -0.2) is 4.98 Å². The quantitative estimate of drug-likeness (QED) is 0.860. The molecule has 5 nitrogen and oxygen atoms in total. The number of aryl methyl sites for hydroxylation is 1. The van der Waals surface area contributed by atoms with Crippen molar-refractivity contribution in [3.63, 3.8) is 0 Å². The molecular formula is C17H23N3O2. The molecule has 5 heteroatoms. The van der Waals surface area contributed by atoms with Gasteiger partial charge in [-0.2, -0.15) is 0 Å². The molecule has 1 aromatic carbocycles. The zero-order valence-corrected chi connectivity index (χ0v) is 13.0. The Morgan fingerprint density at radius 3 is 3.14 bits per heavy atom. The van der Waals surface area contributed by atoms with E-state index < -0.39 is 0 Å². The van der Waals surface area contributed by atoms with Gasteiger partial charge in [-0.05, 0) is 44.0 Å². The molecule has 0 radical (unpaired) electrons. The van der Waals surface area contributed by atoms with Gasteiger partial charge in [0.1, 0.15) is 18.2 Å². The third-order valence-electron chi connectivity index (χ3n) is 4.05. The minimum atomic E-state index is 0.0380. The molecule has 0 amide bonds. The summed E-state index contributed by atoms with van der Waals surface area (Å²) in [6, 6.07) is 8.48. The predicted molar refractivity (Wildman–Crippen MR) is 84.7 cm³/mol. The van der Waals surface area contributed by atoms with E-state index in [1.54, 1.807) is 0 Å². The highest BCUT2D eigenvalue weighted by Gasteiger charge is 2.28. The first-order valence-corrected chi connectivity index (χ1v) is 7.84. The number of ether oxygens (including phenoxy) is 1. The highest BCUT2D eigenvalue weighted by molar-refractivity contribution is 5.28. The highest BCUT2D eigenvalue weighted by atomic mass is 16.5. The van der Waals surface area contributed by atoms with Crippen LogP contribution in [-0.4, -0.2) is 39.7 Å². The average molecular weight is 301 g/mol. The van der Waals surface area contributed by atoms with E-state index in [1.807, 2.05) is 25.3 Å². The van der Waals surface area contributed by atoms with Gasteiger partial charge in [-0.3, -0.25) is 4.90 Å². The van der Waals surface area contributed by atoms with Crippen LogP contribution in [0.3, 0.4) is 0 Å². The van der Waals surface area contributed by atoms with Crippen molar-refractivity contribution in [1.29, 1.82) is 0 Å². The van der Waals surface area contributed by atoms with E-state index in [-0.39, 0.29) is 6.61 Å². The number of rotatable bonds is 6. The van der Waals surface area contributed by atoms with E-state index in [2.05, 4.69) is 27.0 Å². The summed E-state index contributed by atoms with van der Waals surface area (Å²) in [6.45, 7) is 4.39. The van der Waals surface area contributed by atoms with Crippen LogP contribution in [0.2, 0.25) is 0 Å². The van der Waals surface area contributed by atoms with Crippen LogP contribution >= 0.6 is 0 Å². The monoisotopic (exact) mass is 301 g/mol. The van der Waals surface area contributed by atoms with Gasteiger partial charge in [0.15, 0.2) is 0 Å². The first-order chi connectivity index (χ1) is 10.8. The lowest BCUT2D eigenvalue weighted by atomic mass is 10.1. The normalized spacial score (nSPS) is 18.7. The number of likely N-dealkylation sites (tertiary alicyclic amines) is 1. The van der Waals surface area contributed by atoms with Crippen LogP contribution < -0.4 is 4.74 Å². The lowest BCUT2D eigenvalue weighted by Gasteiger charge is -2.23. The number of imidazole rings is 1. The zero-order valence-electron chi connectivity index (χ0n) is 13.0. The lowest BCUT2D eigenvalue weighted by Crippen LogP contribution is -2.23. The third kappa shape index (κ3) is 3.48. The second-order valence-corrected chi connectivity index (χ2v) is 5.80. The first kappa shape index (κ1) is 15.1. The van der Waals surface area contributed by atoms with E-state index in [1.165, 1.54) is 12.0 Å². The van der Waals surface area contributed by atoms with Crippen LogP contribution in [0, 0.1) is 6.92 Å². The van der Waals surface area contributed by atoms with Gasteiger partial charge >= 0.3 is 0 Å². The van der Waals surface area contributed by atoms with Crippen LogP contribution in [0.25, 0.3) is 0 Å². The zero-order chi connectivity index (χ0) is 15.4. The topological polar surface area (TPSA) is 61.4 Å². The number of aliphatic hydroxyl groups is 1. The van der Waals surface area contributed by atoms with E-state index in [9.17, 15) is 0 Å². The van der Waals surface area contributed by atoms with Crippen molar-refractivity contribution in [3.05, 3.63) is 47.5 Å². The molecule has 0 saturated carbocycles. The number of nitrogens with zero attached hydrogens (tertiary/aromatic N) is 2. The van der Waals surface area contributed by atoms with Crippen LogP contribution in [0.15, 0.2) is 30.5 Å². The van der Waals surface area contributed by atoms with Crippen molar-refractivity contribution in [2.24, 2.45) is 0 Å². The molecule has 22 heavy (non-hydrogen) atoms. The van der Waals surface area contributed by atoms with Crippen molar-refractivity contribution >= 4 is 0 Å². The first-order valence-electron chi connectivity index (χ1n) is 7.84. The van der Waals surface area contributed by atoms with Gasteiger partial charge < -0.3 is 14.8 Å². The molecule has 2 N–H and O–H groups in total. The van der Waals surface area contributed by atoms with Crippen molar-refractivity contribution in [3.8, 4) is 5.75 Å². The van der Waals surface area contributed by atoms with E-state index in [0.29, 0.717) is 12.6 Å². The Morgan fingerprint density at radius 2 is 2.36 bits per heavy atom. The van der Waals surface area contributed by atoms with Crippen molar-refractivity contribution in [2.45, 2.75) is 32.4 Å². The predicted octanol–water partition coefficient (Wildman–Crippen LogP) is 2.43. The smallest absolute Gasteiger partial charge is 0.123 e. The van der Waals surface area contributed by atoms with Crippen LogP contribution in [0.1, 0.15) is 36.0 Å². The summed E-state index contributed by atoms with van der Waals surface area (Å²) in [5, 5.41) is 8.85. The van der Waals surface area contributed by atoms with Gasteiger partial charge in [0.2, 0.25) is 0 Å². The molecule has 0 bridgehead atoms. The molecule has 1 aliphatic heterocycles. The fourth-order valence-electron chi connectivity index (χ4n) is 3.06. The number of aromatic nitrogens is 2. The molecule has 118 valence electrons. The maximum Gasteiger partial charge on any atom is 0.123 e. The molecule has 1 saturated heterocycles. The van der Waals surface area contributed by atoms with Gasteiger partial charge in [0.05, 0.1) is 12.6 Å². The summed E-state index contributed by atoms with van der Waals surface area (Å²) < 4.78 is 5.49. The maximum absolute atomic E-state index is 8.85. The number of aromatic amines is 1. The second-order valence-electron chi connectivity index (χ2n) is 5.80. The highest BCUT2D eigenvalue weighted by Crippen LogP contribution is 2.31. The Labute approximate surface area is 130 Å². The van der Waals surface area contributed by atoms with Gasteiger partial charge in [0, 0.05) is 18.4 Å². The summed E-state index contributed by atoms with van der Waals surface area (Å²) in [5.74, 6) is 1.89. The largest absolute Gasteiger partial charge is 0.491 e. The Bertz CT molecular complexity index is 611. The van der Waals surface area contributed by atoms with E-state index in [0.717, 1.165) is 36.8 Å². The Morgan fingerprint density at radius 1 is 1.45 bits per heavy atom. The standard InChI is InChI=1S/C17H23N3O2/c1-13-11-18-17(19-13)16-6-3-7-20(16)12-14-4-2-5-15(10-14)22-9-8-21/h2,4-5,10-11,16,21H,3,6-9,12H2,1H3,(H,18,19). The Kier molecular flexibility index (Phi) is 4.75. The molecule has 1 aliphatic rings. The molecule has 0 aliphatic carbocycles. The van der Waals surface area contributed by atoms with Crippen LogP contribution in [-0.2, 0) is 6.54 Å². The lowest BCUT2D eigenvalue weighted by molar-refractivity contribution is 0.200. The Hall–Kier alpha value is -1.85. The van der Waals surface area contributed by atoms with Crippen molar-refractivity contribution in [1.82, 2.24) is 14.9 Å². The number of hydrogen-bond acceptors (Lipinski definition) is 4. The second kappa shape index (κ2) is 6.94. The summed E-state index contributed by atoms with van der Waals surface area (Å²) in [5.41, 5.74) is 2.34. The van der Waals surface area contributed by atoms with Crippen molar-refractivity contribution in [2.75, 3.05) is 19.8 Å². The summed E-state index contributed by atoms with van der Waals surface area (Å²) in [4.78, 5) is 10.3. The average Bonchev–Trinajstić information content (AvgIpc) is 3.14. The van der Waals surface area contributed by atoms with Crippen LogP contribution in [0.4, 0.5) is 0 Å². The molecule has 1 aromatic heterocycles. The number of aliphatic hydroxyl groups excluding tert-OH is 1. The third-order valence-corrected chi connectivity index (χ3v) is 4.05. The van der Waals surface area contributed by atoms with E-state index >= 15 is 0 Å². The fourth-order valence-corrected chi connectivity index (χ4v) is 3.06. The molecule has 1 unspecified atom stereocenters. The number of H-pyrrole nitrogens is 1. The molecule has 1 fully saturated rings. The molecular weight excluding hydrogens is 278 g/mol. The maximum atomic E-state index is 8.85. The number of benzene rings is 1. The molecule has 2 heterocycles. The van der Waals surface area contributed by atoms with Gasteiger partial charge in [0.25, 0.3) is 0 Å². The summed E-state index contributed by atoms with van der Waals surface area (Å²) in [6.07, 6.45) is 4.24. The van der Waals surface area contributed by atoms with E-state index in [4.69, 9.17) is 9.84 Å².